The Morgan fingerprint density at radius 3 is 1.32 bits per heavy atom. The van der Waals surface area contributed by atoms with Crippen LogP contribution in [0.15, 0.2) is 48.5 Å². The third-order valence-electron chi connectivity index (χ3n) is 7.46. The fourth-order valence-electron chi connectivity index (χ4n) is 5.12. The molecule has 3 aromatic rings. The Morgan fingerprint density at radius 1 is 0.605 bits per heavy atom. The van der Waals surface area contributed by atoms with E-state index in [1.54, 1.807) is 0 Å². The van der Waals surface area contributed by atoms with Crippen molar-refractivity contribution >= 4 is 33.5 Å². The summed E-state index contributed by atoms with van der Waals surface area (Å²) in [5, 5.41) is 4.92. The van der Waals surface area contributed by atoms with Gasteiger partial charge in [-0.2, -0.15) is 0 Å². The average molecular weight is 519 g/mol. The van der Waals surface area contributed by atoms with Crippen molar-refractivity contribution in [1.82, 2.24) is 0 Å². The zero-order valence-electron chi connectivity index (χ0n) is 24.6. The van der Waals surface area contributed by atoms with Crippen LogP contribution in [0.3, 0.4) is 0 Å². The number of fused-ring (bicyclic) bond motifs is 2. The summed E-state index contributed by atoms with van der Waals surface area (Å²) in [5.74, 6) is -0.228. The molecule has 0 saturated heterocycles. The van der Waals surface area contributed by atoms with Gasteiger partial charge in [0.05, 0.1) is 12.2 Å². The summed E-state index contributed by atoms with van der Waals surface area (Å²) in [5.41, 5.74) is 2.51. The maximum Gasteiger partial charge on any atom is 0.306 e. The van der Waals surface area contributed by atoms with E-state index in [0.717, 1.165) is 25.7 Å². The number of rotatable bonds is 12. The molecule has 0 bridgehead atoms. The van der Waals surface area contributed by atoms with Crippen molar-refractivity contribution in [3.63, 3.8) is 0 Å². The SMILES string of the molecule is CC(C)OC(=O)CCCC(C)(C)c1ccc2cc3cc(C(C)(C)CCCC(=O)OC(C)C)ccc3cc2c1. The van der Waals surface area contributed by atoms with Crippen LogP contribution in [0.5, 0.6) is 0 Å². The van der Waals surface area contributed by atoms with Gasteiger partial charge in [-0.1, -0.05) is 64.1 Å². The predicted octanol–water partition coefficient (Wildman–Crippen LogP) is 8.79. The fraction of sp³-hybridized carbons (Fsp3) is 0.529. The van der Waals surface area contributed by atoms with E-state index in [4.69, 9.17) is 9.47 Å². The Kier molecular flexibility index (Phi) is 9.62. The molecule has 0 saturated carbocycles. The lowest BCUT2D eigenvalue weighted by molar-refractivity contribution is -0.148. The summed E-state index contributed by atoms with van der Waals surface area (Å²) < 4.78 is 10.6. The molecule has 0 fully saturated rings. The van der Waals surface area contributed by atoms with Gasteiger partial charge in [0.1, 0.15) is 0 Å². The quantitative estimate of drug-likeness (QED) is 0.178. The highest BCUT2D eigenvalue weighted by Gasteiger charge is 2.23. The number of carbonyl (C=O) groups is 2. The lowest BCUT2D eigenvalue weighted by Gasteiger charge is -2.26. The van der Waals surface area contributed by atoms with E-state index in [1.165, 1.54) is 32.7 Å². The zero-order chi connectivity index (χ0) is 28.1. The van der Waals surface area contributed by atoms with Crippen molar-refractivity contribution in [2.24, 2.45) is 0 Å². The summed E-state index contributed by atoms with van der Waals surface area (Å²) in [6.07, 6.45) is 4.26. The fourth-order valence-corrected chi connectivity index (χ4v) is 5.12. The second kappa shape index (κ2) is 12.3. The first kappa shape index (κ1) is 29.7. The second-order valence-electron chi connectivity index (χ2n) is 12.5. The molecule has 0 atom stereocenters. The minimum atomic E-state index is -0.114. The molecule has 0 aliphatic heterocycles. The predicted molar refractivity (Wildman–Crippen MR) is 158 cm³/mol. The first-order valence-corrected chi connectivity index (χ1v) is 14.1. The van der Waals surface area contributed by atoms with Crippen molar-refractivity contribution in [2.45, 2.75) is 117 Å². The molecule has 0 heterocycles. The molecule has 0 spiro atoms. The maximum absolute atomic E-state index is 11.9. The molecule has 3 rings (SSSR count). The van der Waals surface area contributed by atoms with Crippen molar-refractivity contribution in [1.29, 1.82) is 0 Å². The standard InChI is InChI=1S/C34H46O4/c1-23(2)37-31(35)11-9-17-33(5,6)29-15-13-25-20-28-22-30(16-14-26(28)19-27(25)21-29)34(7,8)18-10-12-32(36)38-24(3)4/h13-16,19-24H,9-12,17-18H2,1-8H3. The van der Waals surface area contributed by atoms with Crippen LogP contribution in [-0.2, 0) is 29.9 Å². The van der Waals surface area contributed by atoms with Gasteiger partial charge < -0.3 is 9.47 Å². The number of benzene rings is 3. The summed E-state index contributed by atoms with van der Waals surface area (Å²) in [6, 6.07) is 18.1. The van der Waals surface area contributed by atoms with Crippen LogP contribution in [-0.4, -0.2) is 24.1 Å². The molecule has 4 heteroatoms. The lowest BCUT2D eigenvalue weighted by atomic mass is 9.78. The van der Waals surface area contributed by atoms with Crippen molar-refractivity contribution in [2.75, 3.05) is 0 Å². The molecule has 3 aromatic carbocycles. The van der Waals surface area contributed by atoms with Crippen LogP contribution in [0.4, 0.5) is 0 Å². The molecule has 0 amide bonds. The maximum atomic E-state index is 11.9. The first-order chi connectivity index (χ1) is 17.8. The van der Waals surface area contributed by atoms with E-state index < -0.39 is 0 Å². The molecule has 0 unspecified atom stereocenters. The highest BCUT2D eigenvalue weighted by Crippen LogP contribution is 2.35. The molecule has 206 valence electrons. The Labute approximate surface area is 229 Å². The minimum Gasteiger partial charge on any atom is -0.463 e. The number of ether oxygens (including phenoxy) is 2. The normalized spacial score (nSPS) is 12.5. The molecule has 0 aliphatic carbocycles. The van der Waals surface area contributed by atoms with E-state index in [1.807, 2.05) is 27.7 Å². The molecule has 0 aliphatic rings. The topological polar surface area (TPSA) is 52.6 Å². The molecule has 38 heavy (non-hydrogen) atoms. The van der Waals surface area contributed by atoms with Gasteiger partial charge in [-0.25, -0.2) is 0 Å². The monoisotopic (exact) mass is 518 g/mol. The number of esters is 2. The molecule has 0 N–H and O–H groups in total. The summed E-state index contributed by atoms with van der Waals surface area (Å²) in [4.78, 5) is 23.9. The Bertz CT molecular complexity index is 1170. The van der Waals surface area contributed by atoms with Crippen molar-refractivity contribution in [3.8, 4) is 0 Å². The van der Waals surface area contributed by atoms with E-state index in [9.17, 15) is 9.59 Å². The minimum absolute atomic E-state index is 0.0310. The highest BCUT2D eigenvalue weighted by atomic mass is 16.5. The van der Waals surface area contributed by atoms with Crippen LogP contribution >= 0.6 is 0 Å². The molecule has 0 radical (unpaired) electrons. The third-order valence-corrected chi connectivity index (χ3v) is 7.46. The van der Waals surface area contributed by atoms with Crippen molar-refractivity contribution < 1.29 is 19.1 Å². The summed E-state index contributed by atoms with van der Waals surface area (Å²) in [6.45, 7) is 16.5. The molecular formula is C34H46O4. The number of hydrogen-bond donors (Lipinski definition) is 0. The molecular weight excluding hydrogens is 472 g/mol. The molecule has 0 aromatic heterocycles. The average Bonchev–Trinajstić information content (AvgIpc) is 2.80. The lowest BCUT2D eigenvalue weighted by Crippen LogP contribution is -2.18. The largest absolute Gasteiger partial charge is 0.463 e. The van der Waals surface area contributed by atoms with Crippen LogP contribution in [0.25, 0.3) is 21.5 Å². The van der Waals surface area contributed by atoms with Gasteiger partial charge in [0.15, 0.2) is 0 Å². The summed E-state index contributed by atoms with van der Waals surface area (Å²) in [7, 11) is 0. The summed E-state index contributed by atoms with van der Waals surface area (Å²) >= 11 is 0. The van der Waals surface area contributed by atoms with Crippen molar-refractivity contribution in [3.05, 3.63) is 59.7 Å². The van der Waals surface area contributed by atoms with Gasteiger partial charge in [-0.05, 0) is 109 Å². The Hall–Kier alpha value is -2.88. The zero-order valence-corrected chi connectivity index (χ0v) is 24.6. The smallest absolute Gasteiger partial charge is 0.306 e. The Morgan fingerprint density at radius 2 is 0.974 bits per heavy atom. The number of hydrogen-bond acceptors (Lipinski definition) is 4. The first-order valence-electron chi connectivity index (χ1n) is 14.1. The second-order valence-corrected chi connectivity index (χ2v) is 12.5. The van der Waals surface area contributed by atoms with Crippen LogP contribution in [0.1, 0.15) is 105 Å². The van der Waals surface area contributed by atoms with Crippen LogP contribution in [0, 0.1) is 0 Å². The van der Waals surface area contributed by atoms with Gasteiger partial charge in [0, 0.05) is 12.8 Å². The van der Waals surface area contributed by atoms with E-state index in [-0.39, 0.29) is 35.0 Å². The van der Waals surface area contributed by atoms with Gasteiger partial charge in [-0.15, -0.1) is 0 Å². The molecule has 4 nitrogen and oxygen atoms in total. The van der Waals surface area contributed by atoms with E-state index >= 15 is 0 Å². The third kappa shape index (κ3) is 8.06. The van der Waals surface area contributed by atoms with E-state index in [2.05, 4.69) is 76.2 Å². The number of carbonyl (C=O) groups excluding carboxylic acids is 2. The Balaban J connectivity index is 1.73. The van der Waals surface area contributed by atoms with Crippen LogP contribution in [0.2, 0.25) is 0 Å². The van der Waals surface area contributed by atoms with Gasteiger partial charge in [0.25, 0.3) is 0 Å². The van der Waals surface area contributed by atoms with Gasteiger partial charge in [-0.3, -0.25) is 9.59 Å². The van der Waals surface area contributed by atoms with Gasteiger partial charge >= 0.3 is 11.9 Å². The van der Waals surface area contributed by atoms with Crippen LogP contribution < -0.4 is 0 Å². The highest BCUT2D eigenvalue weighted by molar-refractivity contribution is 5.98. The van der Waals surface area contributed by atoms with Gasteiger partial charge in [0.2, 0.25) is 0 Å². The van der Waals surface area contributed by atoms with E-state index in [0.29, 0.717) is 12.8 Å².